The summed E-state index contributed by atoms with van der Waals surface area (Å²) in [7, 11) is 2.26. The highest BCUT2D eigenvalue weighted by Crippen LogP contribution is 2.54. The third kappa shape index (κ3) is 1.74. The number of H-pyrrole nitrogens is 1. The van der Waals surface area contributed by atoms with Gasteiger partial charge < -0.3 is 10.1 Å². The number of benzene rings is 1. The molecular formula is C18H24N2O. The summed E-state index contributed by atoms with van der Waals surface area (Å²) in [4.78, 5) is 6.15. The number of aliphatic hydroxyl groups excluding tert-OH is 1. The Balaban J connectivity index is 2.00. The largest absolute Gasteiger partial charge is 0.396 e. The summed E-state index contributed by atoms with van der Waals surface area (Å²) in [5.41, 5.74) is 3.97. The summed E-state index contributed by atoms with van der Waals surface area (Å²) < 4.78 is 0. The fraction of sp³-hybridized carbons (Fsp3) is 0.556. The van der Waals surface area contributed by atoms with Crippen molar-refractivity contribution < 1.29 is 5.11 Å². The summed E-state index contributed by atoms with van der Waals surface area (Å²) in [6.07, 6.45) is 2.39. The van der Waals surface area contributed by atoms with Gasteiger partial charge in [0.05, 0.1) is 6.61 Å². The lowest BCUT2D eigenvalue weighted by Crippen LogP contribution is -2.47. The van der Waals surface area contributed by atoms with E-state index in [1.165, 1.54) is 35.0 Å². The van der Waals surface area contributed by atoms with Crippen LogP contribution in [0.5, 0.6) is 0 Å². The minimum Gasteiger partial charge on any atom is -0.396 e. The quantitative estimate of drug-likeness (QED) is 0.888. The molecule has 2 N–H and O–H groups in total. The van der Waals surface area contributed by atoms with Gasteiger partial charge in [0.2, 0.25) is 0 Å². The molecule has 3 heteroatoms. The van der Waals surface area contributed by atoms with E-state index in [-0.39, 0.29) is 12.5 Å². The molecule has 2 aromatic rings. The van der Waals surface area contributed by atoms with Gasteiger partial charge in [0.25, 0.3) is 0 Å². The molecule has 0 amide bonds. The van der Waals surface area contributed by atoms with Gasteiger partial charge in [-0.05, 0) is 43.5 Å². The highest BCUT2D eigenvalue weighted by molar-refractivity contribution is 5.86. The van der Waals surface area contributed by atoms with Gasteiger partial charge in [-0.2, -0.15) is 0 Å². The first-order valence-corrected chi connectivity index (χ1v) is 8.17. The minimum atomic E-state index is 0.261. The van der Waals surface area contributed by atoms with Crippen molar-refractivity contribution in [3.8, 4) is 0 Å². The van der Waals surface area contributed by atoms with Crippen LogP contribution in [-0.4, -0.2) is 35.2 Å². The van der Waals surface area contributed by atoms with Gasteiger partial charge in [-0.3, -0.25) is 4.90 Å². The van der Waals surface area contributed by atoms with E-state index in [9.17, 15) is 5.11 Å². The second kappa shape index (κ2) is 4.85. The van der Waals surface area contributed by atoms with Crippen molar-refractivity contribution in [2.45, 2.75) is 31.7 Å². The van der Waals surface area contributed by atoms with E-state index in [1.807, 2.05) is 0 Å². The molecular weight excluding hydrogens is 260 g/mol. The normalized spacial score (nSPS) is 32.3. The van der Waals surface area contributed by atoms with Gasteiger partial charge in [-0.15, -0.1) is 0 Å². The molecule has 1 aromatic heterocycles. The first-order chi connectivity index (χ1) is 10.3. The van der Waals surface area contributed by atoms with Crippen LogP contribution in [0.1, 0.15) is 43.0 Å². The van der Waals surface area contributed by atoms with Crippen LogP contribution in [0.2, 0.25) is 0 Å². The smallest absolute Gasteiger partial charge is 0.0516 e. The lowest BCUT2D eigenvalue weighted by atomic mass is 9.64. The van der Waals surface area contributed by atoms with Crippen LogP contribution in [0.3, 0.4) is 0 Å². The van der Waals surface area contributed by atoms with Crippen molar-refractivity contribution >= 4 is 10.9 Å². The lowest BCUT2D eigenvalue weighted by molar-refractivity contribution is 0.0235. The number of hydrogen-bond donors (Lipinski definition) is 2. The summed E-state index contributed by atoms with van der Waals surface area (Å²) >= 11 is 0. The van der Waals surface area contributed by atoms with Gasteiger partial charge in [0.1, 0.15) is 0 Å². The zero-order valence-electron chi connectivity index (χ0n) is 12.8. The van der Waals surface area contributed by atoms with Crippen molar-refractivity contribution in [2.75, 3.05) is 20.2 Å². The number of nitrogens with zero attached hydrogens (tertiary/aromatic N) is 1. The van der Waals surface area contributed by atoms with Gasteiger partial charge in [-0.25, -0.2) is 0 Å². The predicted molar refractivity (Wildman–Crippen MR) is 85.4 cm³/mol. The molecule has 0 unspecified atom stereocenters. The average Bonchev–Trinajstić information content (AvgIpc) is 2.88. The van der Waals surface area contributed by atoms with E-state index in [1.54, 1.807) is 0 Å². The zero-order valence-corrected chi connectivity index (χ0v) is 12.8. The lowest BCUT2D eigenvalue weighted by Gasteiger charge is -2.50. The number of rotatable bonds is 2. The van der Waals surface area contributed by atoms with Crippen LogP contribution in [0.4, 0.5) is 0 Å². The number of piperidine rings is 1. The summed E-state index contributed by atoms with van der Waals surface area (Å²) in [6, 6.07) is 9.11. The maximum absolute atomic E-state index is 10.0. The molecule has 4 rings (SSSR count). The van der Waals surface area contributed by atoms with Crippen LogP contribution in [0.15, 0.2) is 24.3 Å². The van der Waals surface area contributed by atoms with Gasteiger partial charge in [0, 0.05) is 28.6 Å². The van der Waals surface area contributed by atoms with Gasteiger partial charge >= 0.3 is 0 Å². The average molecular weight is 284 g/mol. The number of aliphatic hydroxyl groups is 1. The van der Waals surface area contributed by atoms with Crippen LogP contribution in [0, 0.1) is 11.8 Å². The Hall–Kier alpha value is -1.32. The zero-order chi connectivity index (χ0) is 14.6. The Bertz CT molecular complexity index is 662. The second-order valence-corrected chi connectivity index (χ2v) is 6.74. The fourth-order valence-corrected chi connectivity index (χ4v) is 4.96. The molecule has 2 aliphatic rings. The Labute approximate surface area is 126 Å². The molecule has 3 nitrogen and oxygen atoms in total. The molecule has 1 aromatic carbocycles. The number of hydrogen-bond acceptors (Lipinski definition) is 2. The maximum atomic E-state index is 10.0. The van der Waals surface area contributed by atoms with Crippen LogP contribution < -0.4 is 0 Å². The number of para-hydroxylation sites is 1. The number of aromatic nitrogens is 1. The number of nitrogens with one attached hydrogen (secondary N) is 1. The molecule has 21 heavy (non-hydrogen) atoms. The molecule has 1 aliphatic heterocycles. The minimum absolute atomic E-state index is 0.261. The molecule has 4 atom stereocenters. The Morgan fingerprint density at radius 2 is 2.14 bits per heavy atom. The number of fused-ring (bicyclic) bond motifs is 6. The van der Waals surface area contributed by atoms with E-state index in [0.29, 0.717) is 17.9 Å². The topological polar surface area (TPSA) is 39.3 Å². The highest BCUT2D eigenvalue weighted by atomic mass is 16.3. The van der Waals surface area contributed by atoms with Crippen molar-refractivity contribution in [1.82, 2.24) is 9.88 Å². The molecule has 0 spiro atoms. The molecule has 0 radical (unpaired) electrons. The summed E-state index contributed by atoms with van der Waals surface area (Å²) in [5.74, 6) is 1.55. The Morgan fingerprint density at radius 1 is 1.33 bits per heavy atom. The summed E-state index contributed by atoms with van der Waals surface area (Å²) in [5, 5.41) is 11.4. The molecule has 1 saturated heterocycles. The fourth-order valence-electron chi connectivity index (χ4n) is 4.96. The van der Waals surface area contributed by atoms with Crippen LogP contribution in [0.25, 0.3) is 10.9 Å². The first kappa shape index (κ1) is 13.4. The SMILES string of the molecule is CC[C@H]1[C@@H]2CCN(C)[C@H]1c1c([nH]c3ccccc13)[C@@H]2CO. The molecule has 1 aliphatic carbocycles. The standard InChI is InChI=1S/C18H24N2O/c1-3-11-12-8-9-20(2)18(11)16-13-6-4-5-7-15(13)19-17(16)14(12)10-21/h4-7,11-12,14,18-19,21H,3,8-10H2,1-2H3/t11-,12-,14+,18+/m0/s1. The third-order valence-corrected chi connectivity index (χ3v) is 5.87. The van der Waals surface area contributed by atoms with E-state index < -0.39 is 0 Å². The Kier molecular flexibility index (Phi) is 3.09. The molecule has 2 bridgehead atoms. The van der Waals surface area contributed by atoms with Crippen molar-refractivity contribution in [1.29, 1.82) is 0 Å². The van der Waals surface area contributed by atoms with Crippen molar-refractivity contribution in [3.63, 3.8) is 0 Å². The van der Waals surface area contributed by atoms with E-state index in [0.717, 1.165) is 6.54 Å². The molecule has 2 heterocycles. The predicted octanol–water partition coefficient (Wildman–Crippen LogP) is 3.28. The monoisotopic (exact) mass is 284 g/mol. The van der Waals surface area contributed by atoms with E-state index >= 15 is 0 Å². The first-order valence-electron chi connectivity index (χ1n) is 8.17. The number of likely N-dealkylation sites (tertiary alicyclic amines) is 1. The number of aromatic amines is 1. The van der Waals surface area contributed by atoms with Gasteiger partial charge in [0.15, 0.2) is 0 Å². The molecule has 1 fully saturated rings. The second-order valence-electron chi connectivity index (χ2n) is 6.74. The molecule has 0 saturated carbocycles. The third-order valence-electron chi connectivity index (χ3n) is 5.87. The van der Waals surface area contributed by atoms with Crippen molar-refractivity contribution in [2.24, 2.45) is 11.8 Å². The van der Waals surface area contributed by atoms with E-state index in [2.05, 4.69) is 48.1 Å². The maximum Gasteiger partial charge on any atom is 0.0516 e. The Morgan fingerprint density at radius 3 is 2.90 bits per heavy atom. The van der Waals surface area contributed by atoms with Crippen molar-refractivity contribution in [3.05, 3.63) is 35.5 Å². The van der Waals surface area contributed by atoms with Crippen LogP contribution in [-0.2, 0) is 0 Å². The van der Waals surface area contributed by atoms with Gasteiger partial charge in [-0.1, -0.05) is 31.5 Å². The highest BCUT2D eigenvalue weighted by Gasteiger charge is 2.47. The summed E-state index contributed by atoms with van der Waals surface area (Å²) in [6.45, 7) is 3.71. The van der Waals surface area contributed by atoms with Crippen LogP contribution >= 0.6 is 0 Å². The molecule has 112 valence electrons. The van der Waals surface area contributed by atoms with E-state index in [4.69, 9.17) is 0 Å².